The number of rotatable bonds is 10. The van der Waals surface area contributed by atoms with Crippen LogP contribution in [0.3, 0.4) is 0 Å². The number of anilines is 2. The standard InChI is InChI=1S/C25H23Cl2N7O2S/c1-16-6-9-20(27)12-21(16)30-23(35)15-37-25-33-32-24(34(25)28)31-29-13-18-4-2-3-5-22(18)36-14-17-7-10-19(26)11-8-17/h2-13H,14-15,28H2,1H3,(H,30,35)(H,31,32)/b29-13+. The molecule has 0 fully saturated rings. The van der Waals surface area contributed by atoms with E-state index >= 15 is 0 Å². The fraction of sp³-hybridized carbons (Fsp3) is 0.120. The van der Waals surface area contributed by atoms with Gasteiger partial charge in [-0.25, -0.2) is 10.1 Å². The number of amides is 1. The van der Waals surface area contributed by atoms with Crippen molar-refractivity contribution in [3.63, 3.8) is 0 Å². The molecule has 1 amide bonds. The maximum Gasteiger partial charge on any atom is 0.264 e. The molecule has 37 heavy (non-hydrogen) atoms. The third-order valence-electron chi connectivity index (χ3n) is 5.07. The fourth-order valence-electron chi connectivity index (χ4n) is 3.12. The van der Waals surface area contributed by atoms with Gasteiger partial charge in [-0.05, 0) is 54.4 Å². The fourth-order valence-corrected chi connectivity index (χ4v) is 4.07. The Morgan fingerprint density at radius 3 is 2.68 bits per heavy atom. The van der Waals surface area contributed by atoms with Crippen LogP contribution in [0.2, 0.25) is 10.0 Å². The first-order chi connectivity index (χ1) is 17.9. The van der Waals surface area contributed by atoms with Gasteiger partial charge in [0.1, 0.15) is 12.4 Å². The van der Waals surface area contributed by atoms with Crippen LogP contribution in [0, 0.1) is 6.92 Å². The van der Waals surface area contributed by atoms with Crippen LogP contribution in [-0.2, 0) is 11.4 Å². The summed E-state index contributed by atoms with van der Waals surface area (Å²) in [5.41, 5.74) is 6.08. The van der Waals surface area contributed by atoms with Crippen molar-refractivity contribution in [3.05, 3.63) is 93.5 Å². The normalized spacial score (nSPS) is 11.0. The molecule has 0 spiro atoms. The van der Waals surface area contributed by atoms with Crippen molar-refractivity contribution >= 4 is 58.7 Å². The van der Waals surface area contributed by atoms with Gasteiger partial charge in [-0.15, -0.1) is 10.2 Å². The molecule has 0 saturated carbocycles. The average molecular weight is 556 g/mol. The van der Waals surface area contributed by atoms with Crippen LogP contribution < -0.4 is 21.3 Å². The first-order valence-corrected chi connectivity index (χ1v) is 12.8. The minimum Gasteiger partial charge on any atom is -0.488 e. The van der Waals surface area contributed by atoms with Gasteiger partial charge >= 0.3 is 0 Å². The number of nitrogens with one attached hydrogen (secondary N) is 2. The van der Waals surface area contributed by atoms with Gasteiger partial charge in [0, 0.05) is 21.3 Å². The van der Waals surface area contributed by atoms with Crippen LogP contribution in [0.15, 0.2) is 77.0 Å². The van der Waals surface area contributed by atoms with Crippen molar-refractivity contribution < 1.29 is 9.53 Å². The highest BCUT2D eigenvalue weighted by Crippen LogP contribution is 2.22. The molecule has 190 valence electrons. The molecule has 4 aromatic rings. The zero-order chi connectivity index (χ0) is 26.2. The number of carbonyl (C=O) groups excluding carboxylic acids is 1. The zero-order valence-electron chi connectivity index (χ0n) is 19.7. The van der Waals surface area contributed by atoms with E-state index in [1.165, 1.54) is 4.68 Å². The molecule has 0 aliphatic heterocycles. The summed E-state index contributed by atoms with van der Waals surface area (Å²) in [6.45, 7) is 2.27. The summed E-state index contributed by atoms with van der Waals surface area (Å²) >= 11 is 13.1. The molecule has 3 aromatic carbocycles. The summed E-state index contributed by atoms with van der Waals surface area (Å²) in [6.07, 6.45) is 1.60. The monoisotopic (exact) mass is 555 g/mol. The second-order valence-electron chi connectivity index (χ2n) is 7.80. The Morgan fingerprint density at radius 2 is 1.86 bits per heavy atom. The quantitative estimate of drug-likeness (QED) is 0.104. The molecule has 0 aliphatic rings. The number of carbonyl (C=O) groups is 1. The summed E-state index contributed by atoms with van der Waals surface area (Å²) in [4.78, 5) is 12.4. The number of nitrogens with two attached hydrogens (primary N) is 1. The Labute approximate surface area is 228 Å². The molecule has 0 atom stereocenters. The molecule has 4 N–H and O–H groups in total. The molecule has 4 rings (SSSR count). The van der Waals surface area contributed by atoms with Gasteiger partial charge in [0.25, 0.3) is 5.95 Å². The van der Waals surface area contributed by atoms with Crippen LogP contribution >= 0.6 is 35.0 Å². The number of para-hydroxylation sites is 1. The average Bonchev–Trinajstić information content (AvgIpc) is 3.24. The van der Waals surface area contributed by atoms with E-state index in [0.29, 0.717) is 33.2 Å². The van der Waals surface area contributed by atoms with Gasteiger partial charge < -0.3 is 15.9 Å². The number of nitrogen functional groups attached to an aromatic ring is 1. The lowest BCUT2D eigenvalue weighted by Gasteiger charge is -2.09. The van der Waals surface area contributed by atoms with Crippen molar-refractivity contribution in [2.45, 2.75) is 18.7 Å². The van der Waals surface area contributed by atoms with Crippen LogP contribution in [0.1, 0.15) is 16.7 Å². The summed E-state index contributed by atoms with van der Waals surface area (Å²) in [5.74, 6) is 6.81. The van der Waals surface area contributed by atoms with Gasteiger partial charge in [0.05, 0.1) is 12.0 Å². The molecule has 0 saturated heterocycles. The van der Waals surface area contributed by atoms with Crippen molar-refractivity contribution in [1.82, 2.24) is 14.9 Å². The van der Waals surface area contributed by atoms with E-state index in [1.807, 2.05) is 61.5 Å². The Morgan fingerprint density at radius 1 is 1.11 bits per heavy atom. The highest BCUT2D eigenvalue weighted by Gasteiger charge is 2.13. The van der Waals surface area contributed by atoms with Crippen LogP contribution in [0.25, 0.3) is 0 Å². The van der Waals surface area contributed by atoms with Gasteiger partial charge in [0.15, 0.2) is 0 Å². The summed E-state index contributed by atoms with van der Waals surface area (Å²) in [7, 11) is 0. The third-order valence-corrected chi connectivity index (χ3v) is 6.50. The third kappa shape index (κ3) is 7.39. The number of ether oxygens (including phenoxy) is 1. The minimum atomic E-state index is -0.221. The Balaban J connectivity index is 1.32. The second kappa shape index (κ2) is 12.5. The summed E-state index contributed by atoms with van der Waals surface area (Å²) in [6, 6.07) is 20.2. The summed E-state index contributed by atoms with van der Waals surface area (Å²) in [5, 5.41) is 16.6. The summed E-state index contributed by atoms with van der Waals surface area (Å²) < 4.78 is 7.16. The maximum absolute atomic E-state index is 12.4. The Bertz CT molecular complexity index is 1410. The van der Waals surface area contributed by atoms with E-state index in [4.69, 9.17) is 33.8 Å². The number of benzene rings is 3. The molecule has 9 nitrogen and oxygen atoms in total. The lowest BCUT2D eigenvalue weighted by Crippen LogP contribution is -2.17. The van der Waals surface area contributed by atoms with E-state index in [-0.39, 0.29) is 17.6 Å². The van der Waals surface area contributed by atoms with Gasteiger partial charge in [-0.2, -0.15) is 5.10 Å². The van der Waals surface area contributed by atoms with Gasteiger partial charge in [0.2, 0.25) is 11.1 Å². The van der Waals surface area contributed by atoms with E-state index in [9.17, 15) is 4.79 Å². The van der Waals surface area contributed by atoms with E-state index in [0.717, 1.165) is 28.5 Å². The zero-order valence-corrected chi connectivity index (χ0v) is 22.0. The van der Waals surface area contributed by atoms with Crippen LogP contribution in [0.4, 0.5) is 11.6 Å². The number of hydrogen-bond acceptors (Lipinski definition) is 8. The molecule has 0 radical (unpaired) electrons. The van der Waals surface area contributed by atoms with E-state index < -0.39 is 0 Å². The topological polar surface area (TPSA) is 119 Å². The molecular formula is C25H23Cl2N7O2S. The van der Waals surface area contributed by atoms with Gasteiger partial charge in [-0.3, -0.25) is 4.79 Å². The lowest BCUT2D eigenvalue weighted by molar-refractivity contribution is -0.113. The first kappa shape index (κ1) is 26.3. The highest BCUT2D eigenvalue weighted by molar-refractivity contribution is 7.99. The molecule has 12 heteroatoms. The van der Waals surface area contributed by atoms with Crippen LogP contribution in [-0.4, -0.2) is 32.7 Å². The Kier molecular flexibility index (Phi) is 8.89. The van der Waals surface area contributed by atoms with Crippen molar-refractivity contribution in [2.75, 3.05) is 22.3 Å². The highest BCUT2D eigenvalue weighted by atomic mass is 35.5. The second-order valence-corrected chi connectivity index (χ2v) is 9.61. The number of halogens is 2. The molecule has 1 aromatic heterocycles. The molecule has 0 bridgehead atoms. The van der Waals surface area contributed by atoms with E-state index in [1.54, 1.807) is 18.3 Å². The van der Waals surface area contributed by atoms with Crippen molar-refractivity contribution in [2.24, 2.45) is 5.10 Å². The molecular weight excluding hydrogens is 533 g/mol. The maximum atomic E-state index is 12.4. The largest absolute Gasteiger partial charge is 0.488 e. The number of thioether (sulfide) groups is 1. The smallest absolute Gasteiger partial charge is 0.264 e. The van der Waals surface area contributed by atoms with Crippen molar-refractivity contribution in [1.29, 1.82) is 0 Å². The van der Waals surface area contributed by atoms with E-state index in [2.05, 4.69) is 26.0 Å². The number of hydrogen-bond donors (Lipinski definition) is 3. The SMILES string of the molecule is Cc1ccc(Cl)cc1NC(=O)CSc1nnc(N/N=C/c2ccccc2OCc2ccc(Cl)cc2)n1N. The number of aromatic nitrogens is 3. The predicted molar refractivity (Wildman–Crippen MR) is 149 cm³/mol. The first-order valence-electron chi connectivity index (χ1n) is 11.0. The van der Waals surface area contributed by atoms with Gasteiger partial charge in [-0.1, -0.05) is 65.3 Å². The Hall–Kier alpha value is -3.73. The van der Waals surface area contributed by atoms with Crippen LogP contribution in [0.5, 0.6) is 5.75 Å². The predicted octanol–water partition coefficient (Wildman–Crippen LogP) is 5.36. The molecule has 0 unspecified atom stereocenters. The molecule has 1 heterocycles. The molecule has 0 aliphatic carbocycles. The number of hydrazone groups is 1. The number of aryl methyl sites for hydroxylation is 1. The van der Waals surface area contributed by atoms with Crippen molar-refractivity contribution in [3.8, 4) is 5.75 Å². The number of nitrogens with zero attached hydrogens (tertiary/aromatic N) is 4. The minimum absolute atomic E-state index is 0.0862. The lowest BCUT2D eigenvalue weighted by atomic mass is 10.2.